The van der Waals surface area contributed by atoms with Gasteiger partial charge in [0.2, 0.25) is 0 Å². The number of esters is 1. The fourth-order valence-electron chi connectivity index (χ4n) is 0.585. The van der Waals surface area contributed by atoms with Gasteiger partial charge in [0.15, 0.2) is 6.10 Å². The minimum atomic E-state index is -4.25. The molecule has 3 nitrogen and oxygen atoms in total. The van der Waals surface area contributed by atoms with Crippen molar-refractivity contribution in [3.63, 3.8) is 0 Å². The Hall–Kier alpha value is -0.780. The lowest BCUT2D eigenvalue weighted by molar-refractivity contribution is -0.164. The van der Waals surface area contributed by atoms with Crippen molar-refractivity contribution in [2.75, 3.05) is 13.7 Å². The van der Waals surface area contributed by atoms with Crippen LogP contribution in [0.2, 0.25) is 0 Å². The molecule has 0 aliphatic carbocycles. The summed E-state index contributed by atoms with van der Waals surface area (Å²) in [7, 11) is 1.14. The maximum atomic E-state index is 11.6. The molecule has 0 aromatic carbocycles. The SMILES string of the molecule is COC(=O)[C@H](C)OCCC(F)(F)F. The van der Waals surface area contributed by atoms with E-state index in [2.05, 4.69) is 9.47 Å². The first-order valence-electron chi connectivity index (χ1n) is 3.63. The van der Waals surface area contributed by atoms with Crippen LogP contribution >= 0.6 is 0 Å². The first kappa shape index (κ1) is 12.2. The molecule has 0 unspecified atom stereocenters. The van der Waals surface area contributed by atoms with Gasteiger partial charge in [0.25, 0.3) is 0 Å². The molecule has 13 heavy (non-hydrogen) atoms. The van der Waals surface area contributed by atoms with E-state index in [1.165, 1.54) is 6.92 Å². The third kappa shape index (κ3) is 6.39. The number of rotatable bonds is 4. The summed E-state index contributed by atoms with van der Waals surface area (Å²) >= 11 is 0. The molecule has 0 N–H and O–H groups in total. The fraction of sp³-hybridized carbons (Fsp3) is 0.857. The van der Waals surface area contributed by atoms with Gasteiger partial charge in [-0.1, -0.05) is 0 Å². The molecule has 6 heteroatoms. The van der Waals surface area contributed by atoms with Crippen LogP contribution < -0.4 is 0 Å². The van der Waals surface area contributed by atoms with Crippen molar-refractivity contribution in [1.29, 1.82) is 0 Å². The number of methoxy groups -OCH3 is 1. The molecule has 0 aromatic heterocycles. The highest BCUT2D eigenvalue weighted by Gasteiger charge is 2.27. The molecule has 0 rings (SSSR count). The Labute approximate surface area is 73.8 Å². The summed E-state index contributed by atoms with van der Waals surface area (Å²) in [6, 6.07) is 0. The van der Waals surface area contributed by atoms with Crippen LogP contribution in [0, 0.1) is 0 Å². The van der Waals surface area contributed by atoms with E-state index in [1.807, 2.05) is 0 Å². The van der Waals surface area contributed by atoms with E-state index in [9.17, 15) is 18.0 Å². The number of carbonyl (C=O) groups excluding carboxylic acids is 1. The van der Waals surface area contributed by atoms with Gasteiger partial charge >= 0.3 is 12.1 Å². The van der Waals surface area contributed by atoms with Gasteiger partial charge in [0.05, 0.1) is 20.1 Å². The van der Waals surface area contributed by atoms with Crippen molar-refractivity contribution in [2.45, 2.75) is 25.6 Å². The van der Waals surface area contributed by atoms with Crippen molar-refractivity contribution in [1.82, 2.24) is 0 Å². The van der Waals surface area contributed by atoms with Crippen molar-refractivity contribution >= 4 is 5.97 Å². The lowest BCUT2D eigenvalue weighted by Gasteiger charge is -2.11. The standard InChI is InChI=1S/C7H11F3O3/c1-5(6(11)12-2)13-4-3-7(8,9)10/h5H,3-4H2,1-2H3/t5-/m0/s1. The molecule has 0 amide bonds. The van der Waals surface area contributed by atoms with Gasteiger partial charge in [-0.25, -0.2) is 4.79 Å². The zero-order valence-electron chi connectivity index (χ0n) is 7.35. The monoisotopic (exact) mass is 200 g/mol. The van der Waals surface area contributed by atoms with E-state index in [1.54, 1.807) is 0 Å². The normalized spacial score (nSPS) is 13.9. The second-order valence-electron chi connectivity index (χ2n) is 2.40. The van der Waals surface area contributed by atoms with Crippen LogP contribution in [0.3, 0.4) is 0 Å². The van der Waals surface area contributed by atoms with Gasteiger partial charge in [-0.3, -0.25) is 0 Å². The van der Waals surface area contributed by atoms with Crippen LogP contribution in [0.4, 0.5) is 13.2 Å². The molecule has 0 aromatic rings. The minimum Gasteiger partial charge on any atom is -0.467 e. The third-order valence-corrected chi connectivity index (χ3v) is 1.29. The number of halogens is 3. The average Bonchev–Trinajstić information content (AvgIpc) is 2.00. The van der Waals surface area contributed by atoms with E-state index < -0.39 is 31.3 Å². The van der Waals surface area contributed by atoms with Gasteiger partial charge in [0, 0.05) is 0 Å². The molecule has 0 spiro atoms. The molecule has 0 aliphatic heterocycles. The van der Waals surface area contributed by atoms with Gasteiger partial charge in [0.1, 0.15) is 0 Å². The Kier molecular flexibility index (Phi) is 4.76. The van der Waals surface area contributed by atoms with Gasteiger partial charge in [-0.15, -0.1) is 0 Å². The van der Waals surface area contributed by atoms with E-state index in [0.29, 0.717) is 0 Å². The van der Waals surface area contributed by atoms with E-state index >= 15 is 0 Å². The lowest BCUT2D eigenvalue weighted by Crippen LogP contribution is -2.24. The maximum Gasteiger partial charge on any atom is 0.391 e. The van der Waals surface area contributed by atoms with Crippen LogP contribution in [0.25, 0.3) is 0 Å². The Morgan fingerprint density at radius 3 is 2.38 bits per heavy atom. The largest absolute Gasteiger partial charge is 0.467 e. The zero-order valence-corrected chi connectivity index (χ0v) is 7.35. The predicted octanol–water partition coefficient (Wildman–Crippen LogP) is 1.52. The Morgan fingerprint density at radius 1 is 1.46 bits per heavy atom. The van der Waals surface area contributed by atoms with E-state index in [-0.39, 0.29) is 0 Å². The van der Waals surface area contributed by atoms with Crippen LogP contribution in [0.15, 0.2) is 0 Å². The van der Waals surface area contributed by atoms with Crippen LogP contribution in [0.5, 0.6) is 0 Å². The third-order valence-electron chi connectivity index (χ3n) is 1.29. The molecule has 0 radical (unpaired) electrons. The first-order valence-corrected chi connectivity index (χ1v) is 3.63. The lowest BCUT2D eigenvalue weighted by atomic mass is 10.4. The number of ether oxygens (including phenoxy) is 2. The average molecular weight is 200 g/mol. The molecule has 0 saturated carbocycles. The summed E-state index contributed by atoms with van der Waals surface area (Å²) in [5.41, 5.74) is 0. The Balaban J connectivity index is 3.59. The highest BCUT2D eigenvalue weighted by molar-refractivity contribution is 5.73. The van der Waals surface area contributed by atoms with E-state index in [0.717, 1.165) is 7.11 Å². The van der Waals surface area contributed by atoms with Crippen molar-refractivity contribution in [3.05, 3.63) is 0 Å². The van der Waals surface area contributed by atoms with Gasteiger partial charge in [-0.2, -0.15) is 13.2 Å². The quantitative estimate of drug-likeness (QED) is 0.645. The molecule has 0 aliphatic rings. The number of alkyl halides is 3. The molecular formula is C7H11F3O3. The summed E-state index contributed by atoms with van der Waals surface area (Å²) in [5, 5.41) is 0. The molecular weight excluding hydrogens is 189 g/mol. The minimum absolute atomic E-state index is 0.528. The van der Waals surface area contributed by atoms with Crippen molar-refractivity contribution < 1.29 is 27.4 Å². The van der Waals surface area contributed by atoms with Crippen LogP contribution in [0.1, 0.15) is 13.3 Å². The van der Waals surface area contributed by atoms with Crippen molar-refractivity contribution in [2.24, 2.45) is 0 Å². The summed E-state index contributed by atoms with van der Waals surface area (Å²) in [6.45, 7) is 0.808. The van der Waals surface area contributed by atoms with Gasteiger partial charge < -0.3 is 9.47 Å². The Morgan fingerprint density at radius 2 is 2.00 bits per heavy atom. The molecule has 0 fully saturated rings. The fourth-order valence-corrected chi connectivity index (χ4v) is 0.585. The molecule has 0 heterocycles. The van der Waals surface area contributed by atoms with E-state index in [4.69, 9.17) is 0 Å². The van der Waals surface area contributed by atoms with Gasteiger partial charge in [-0.05, 0) is 6.92 Å². The molecule has 0 saturated heterocycles. The molecule has 78 valence electrons. The second-order valence-corrected chi connectivity index (χ2v) is 2.40. The van der Waals surface area contributed by atoms with Crippen LogP contribution in [-0.2, 0) is 14.3 Å². The first-order chi connectivity index (χ1) is 5.87. The summed E-state index contributed by atoms with van der Waals surface area (Å²) in [4.78, 5) is 10.6. The Bertz CT molecular complexity index is 167. The highest BCUT2D eigenvalue weighted by Crippen LogP contribution is 2.19. The maximum absolute atomic E-state index is 11.6. The number of hydrogen-bond donors (Lipinski definition) is 0. The highest BCUT2D eigenvalue weighted by atomic mass is 19.4. The van der Waals surface area contributed by atoms with Crippen molar-refractivity contribution in [3.8, 4) is 0 Å². The molecule has 1 atom stereocenters. The molecule has 0 bridgehead atoms. The summed E-state index contributed by atoms with van der Waals surface area (Å²) in [6.07, 6.45) is -6.27. The predicted molar refractivity (Wildman–Crippen MR) is 38.1 cm³/mol. The smallest absolute Gasteiger partial charge is 0.391 e. The summed E-state index contributed by atoms with van der Waals surface area (Å²) in [5.74, 6) is -0.679. The topological polar surface area (TPSA) is 35.5 Å². The van der Waals surface area contributed by atoms with Crippen LogP contribution in [-0.4, -0.2) is 32.0 Å². The number of carbonyl (C=O) groups is 1. The number of hydrogen-bond acceptors (Lipinski definition) is 3. The second kappa shape index (κ2) is 5.06. The zero-order chi connectivity index (χ0) is 10.5. The summed E-state index contributed by atoms with van der Waals surface area (Å²) < 4.78 is 43.6.